The minimum absolute atomic E-state index is 0.825. The zero-order chi connectivity index (χ0) is 11.5. The maximum atomic E-state index is 5.08. The molecule has 2 rings (SSSR count). The lowest BCUT2D eigenvalue weighted by atomic mass is 10.2. The summed E-state index contributed by atoms with van der Waals surface area (Å²) in [5.41, 5.74) is 2.65. The minimum Gasteiger partial charge on any atom is -0.385 e. The van der Waals surface area contributed by atoms with E-state index in [9.17, 15) is 0 Å². The van der Waals surface area contributed by atoms with Crippen molar-refractivity contribution >= 4 is 26.8 Å². The third-order valence-electron chi connectivity index (χ3n) is 2.89. The van der Waals surface area contributed by atoms with E-state index < -0.39 is 0 Å². The van der Waals surface area contributed by atoms with E-state index in [2.05, 4.69) is 51.8 Å². The Balaban J connectivity index is 2.29. The Morgan fingerprint density at radius 3 is 2.88 bits per heavy atom. The number of nitrogens with zero attached hydrogens (tertiary/aromatic N) is 1. The molecule has 1 aromatic heterocycles. The van der Waals surface area contributed by atoms with Crippen molar-refractivity contribution in [1.29, 1.82) is 0 Å². The Bertz CT molecular complexity index is 490. The van der Waals surface area contributed by atoms with Crippen LogP contribution in [-0.4, -0.2) is 18.3 Å². The number of aromatic nitrogens is 1. The van der Waals surface area contributed by atoms with Gasteiger partial charge < -0.3 is 9.30 Å². The molecular formula is C13H16BrNO. The second-order valence-corrected chi connectivity index (χ2v) is 4.91. The Labute approximate surface area is 104 Å². The third-order valence-corrected chi connectivity index (χ3v) is 3.38. The molecular weight excluding hydrogens is 266 g/mol. The van der Waals surface area contributed by atoms with Gasteiger partial charge in [-0.05, 0) is 37.1 Å². The average molecular weight is 282 g/mol. The second kappa shape index (κ2) is 5.02. The lowest BCUT2D eigenvalue weighted by molar-refractivity contribution is 0.194. The van der Waals surface area contributed by atoms with Gasteiger partial charge in [-0.25, -0.2) is 0 Å². The standard InChI is InChI=1S/C13H16BrNO/c1-15-12(4-3-7-16-2)9-10-8-11(14)5-6-13(10)15/h5-6,8-9H,3-4,7H2,1-2H3. The van der Waals surface area contributed by atoms with Crippen LogP contribution < -0.4 is 0 Å². The molecule has 0 aliphatic heterocycles. The number of rotatable bonds is 4. The molecule has 3 heteroatoms. The van der Waals surface area contributed by atoms with E-state index in [4.69, 9.17) is 4.74 Å². The molecule has 0 unspecified atom stereocenters. The first kappa shape index (κ1) is 11.7. The molecule has 0 bridgehead atoms. The van der Waals surface area contributed by atoms with Gasteiger partial charge in [0.2, 0.25) is 0 Å². The maximum Gasteiger partial charge on any atom is 0.0480 e. The predicted molar refractivity (Wildman–Crippen MR) is 70.8 cm³/mol. The minimum atomic E-state index is 0.825. The lowest BCUT2D eigenvalue weighted by Gasteiger charge is -2.03. The first-order valence-electron chi connectivity index (χ1n) is 5.45. The summed E-state index contributed by atoms with van der Waals surface area (Å²) < 4.78 is 8.47. The summed E-state index contributed by atoms with van der Waals surface area (Å²) in [5.74, 6) is 0. The van der Waals surface area contributed by atoms with Crippen molar-refractivity contribution in [3.8, 4) is 0 Å². The van der Waals surface area contributed by atoms with Gasteiger partial charge in [0, 0.05) is 41.8 Å². The number of hydrogen-bond acceptors (Lipinski definition) is 1. The molecule has 0 fully saturated rings. The monoisotopic (exact) mass is 281 g/mol. The highest BCUT2D eigenvalue weighted by atomic mass is 79.9. The van der Waals surface area contributed by atoms with Crippen LogP contribution in [0.15, 0.2) is 28.7 Å². The molecule has 0 atom stereocenters. The lowest BCUT2D eigenvalue weighted by Crippen LogP contribution is -1.98. The van der Waals surface area contributed by atoms with E-state index in [-0.39, 0.29) is 0 Å². The highest BCUT2D eigenvalue weighted by molar-refractivity contribution is 9.10. The van der Waals surface area contributed by atoms with Gasteiger partial charge in [-0.2, -0.15) is 0 Å². The molecule has 2 nitrogen and oxygen atoms in total. The quantitative estimate of drug-likeness (QED) is 0.783. The number of aryl methyl sites for hydroxylation is 2. The van der Waals surface area contributed by atoms with Crippen molar-refractivity contribution in [2.45, 2.75) is 12.8 Å². The molecule has 0 saturated carbocycles. The Morgan fingerprint density at radius 2 is 2.12 bits per heavy atom. The van der Waals surface area contributed by atoms with Crippen LogP contribution in [0.3, 0.4) is 0 Å². The van der Waals surface area contributed by atoms with E-state index in [0.717, 1.165) is 23.9 Å². The third kappa shape index (κ3) is 2.30. The summed E-state index contributed by atoms with van der Waals surface area (Å²) in [6.07, 6.45) is 2.14. The molecule has 0 spiro atoms. The van der Waals surface area contributed by atoms with Gasteiger partial charge in [0.15, 0.2) is 0 Å². The molecule has 0 N–H and O–H groups in total. The SMILES string of the molecule is COCCCc1cc2cc(Br)ccc2n1C. The summed E-state index contributed by atoms with van der Waals surface area (Å²) in [7, 11) is 3.87. The van der Waals surface area contributed by atoms with E-state index in [1.807, 2.05) is 0 Å². The molecule has 86 valence electrons. The molecule has 1 aromatic carbocycles. The molecule has 0 aliphatic carbocycles. The van der Waals surface area contributed by atoms with Crippen LogP contribution in [0.1, 0.15) is 12.1 Å². The normalized spacial score (nSPS) is 11.2. The van der Waals surface area contributed by atoms with E-state index in [0.29, 0.717) is 0 Å². The van der Waals surface area contributed by atoms with Gasteiger partial charge in [0.05, 0.1) is 0 Å². The van der Waals surface area contributed by atoms with Gasteiger partial charge in [-0.1, -0.05) is 15.9 Å². The van der Waals surface area contributed by atoms with Gasteiger partial charge >= 0.3 is 0 Å². The van der Waals surface area contributed by atoms with E-state index >= 15 is 0 Å². The van der Waals surface area contributed by atoms with Gasteiger partial charge in [-0.3, -0.25) is 0 Å². The summed E-state index contributed by atoms with van der Waals surface area (Å²) in [4.78, 5) is 0. The zero-order valence-electron chi connectivity index (χ0n) is 9.66. The van der Waals surface area contributed by atoms with Crippen LogP contribution in [0.25, 0.3) is 10.9 Å². The van der Waals surface area contributed by atoms with Crippen molar-refractivity contribution in [2.24, 2.45) is 7.05 Å². The van der Waals surface area contributed by atoms with E-state index in [1.165, 1.54) is 16.6 Å². The summed E-state index contributed by atoms with van der Waals surface area (Å²) in [5, 5.41) is 1.30. The van der Waals surface area contributed by atoms with Crippen LogP contribution >= 0.6 is 15.9 Å². The molecule has 1 heterocycles. The zero-order valence-corrected chi connectivity index (χ0v) is 11.3. The van der Waals surface area contributed by atoms with Crippen molar-refractivity contribution in [3.05, 3.63) is 34.4 Å². The average Bonchev–Trinajstić information content (AvgIpc) is 2.56. The Kier molecular flexibility index (Phi) is 3.66. The summed E-state index contributed by atoms with van der Waals surface area (Å²) >= 11 is 3.50. The van der Waals surface area contributed by atoms with Gasteiger partial charge in [0.1, 0.15) is 0 Å². The largest absolute Gasteiger partial charge is 0.385 e. The smallest absolute Gasteiger partial charge is 0.0480 e. The first-order chi connectivity index (χ1) is 7.72. The fourth-order valence-corrected chi connectivity index (χ4v) is 2.39. The molecule has 0 saturated heterocycles. The van der Waals surface area contributed by atoms with Crippen LogP contribution in [0.5, 0.6) is 0 Å². The number of benzene rings is 1. The fourth-order valence-electron chi connectivity index (χ4n) is 2.01. The number of methoxy groups -OCH3 is 1. The number of hydrogen-bond donors (Lipinski definition) is 0. The van der Waals surface area contributed by atoms with Crippen LogP contribution in [0.2, 0.25) is 0 Å². The second-order valence-electron chi connectivity index (χ2n) is 3.99. The van der Waals surface area contributed by atoms with Crippen molar-refractivity contribution in [2.75, 3.05) is 13.7 Å². The van der Waals surface area contributed by atoms with Gasteiger partial charge in [-0.15, -0.1) is 0 Å². The Hall–Kier alpha value is -0.800. The number of ether oxygens (including phenoxy) is 1. The van der Waals surface area contributed by atoms with Crippen LogP contribution in [0, 0.1) is 0 Å². The Morgan fingerprint density at radius 1 is 1.31 bits per heavy atom. The summed E-state index contributed by atoms with van der Waals surface area (Å²) in [6, 6.07) is 8.66. The van der Waals surface area contributed by atoms with Crippen LogP contribution in [-0.2, 0) is 18.2 Å². The molecule has 0 radical (unpaired) electrons. The highest BCUT2D eigenvalue weighted by Gasteiger charge is 2.05. The fraction of sp³-hybridized carbons (Fsp3) is 0.385. The molecule has 16 heavy (non-hydrogen) atoms. The molecule has 0 aliphatic rings. The number of halogens is 1. The molecule has 2 aromatic rings. The first-order valence-corrected chi connectivity index (χ1v) is 6.24. The van der Waals surface area contributed by atoms with E-state index in [1.54, 1.807) is 7.11 Å². The van der Waals surface area contributed by atoms with Crippen molar-refractivity contribution in [1.82, 2.24) is 4.57 Å². The van der Waals surface area contributed by atoms with Gasteiger partial charge in [0.25, 0.3) is 0 Å². The van der Waals surface area contributed by atoms with Crippen molar-refractivity contribution in [3.63, 3.8) is 0 Å². The number of fused-ring (bicyclic) bond motifs is 1. The highest BCUT2D eigenvalue weighted by Crippen LogP contribution is 2.23. The van der Waals surface area contributed by atoms with Crippen molar-refractivity contribution < 1.29 is 4.74 Å². The maximum absolute atomic E-state index is 5.08. The summed E-state index contributed by atoms with van der Waals surface area (Å²) in [6.45, 7) is 0.825. The molecule has 0 amide bonds. The topological polar surface area (TPSA) is 14.2 Å². The van der Waals surface area contributed by atoms with Crippen LogP contribution in [0.4, 0.5) is 0 Å². The predicted octanol–water partition coefficient (Wildman–Crippen LogP) is 3.52.